The Kier molecular flexibility index (Phi) is 4.25. The number of carboxylic acid groups (broad SMARTS) is 1. The summed E-state index contributed by atoms with van der Waals surface area (Å²) in [5, 5.41) is 9.01. The first-order valence-electron chi connectivity index (χ1n) is 6.81. The van der Waals surface area contributed by atoms with Crippen molar-refractivity contribution in [1.82, 2.24) is 4.31 Å². The number of carbonyl (C=O) groups is 1. The first-order valence-corrected chi connectivity index (χ1v) is 8.21. The van der Waals surface area contributed by atoms with Crippen molar-refractivity contribution in [3.63, 3.8) is 0 Å². The van der Waals surface area contributed by atoms with E-state index < -0.39 is 16.2 Å². The highest BCUT2D eigenvalue weighted by molar-refractivity contribution is 7.90. The molecule has 0 bridgehead atoms. The van der Waals surface area contributed by atoms with Crippen molar-refractivity contribution < 1.29 is 18.3 Å². The van der Waals surface area contributed by atoms with E-state index in [2.05, 4.69) is 0 Å². The summed E-state index contributed by atoms with van der Waals surface area (Å²) in [5.41, 5.74) is 1.36. The molecule has 7 heteroatoms. The van der Waals surface area contributed by atoms with Crippen molar-refractivity contribution in [1.29, 1.82) is 0 Å². The standard InChI is InChI=1S/C14H20N2O4S/c1-10(2)15(3)21(19,20)16-9-11(8-14(17)18)12-6-4-5-7-13(12)16/h4-7,10-11H,8-9H2,1-3H3,(H,17,18). The number of hydrogen-bond donors (Lipinski definition) is 1. The zero-order valence-electron chi connectivity index (χ0n) is 12.4. The predicted molar refractivity (Wildman–Crippen MR) is 80.6 cm³/mol. The fraction of sp³-hybridized carbons (Fsp3) is 0.500. The highest BCUT2D eigenvalue weighted by Gasteiger charge is 2.38. The third-order valence-electron chi connectivity index (χ3n) is 3.82. The van der Waals surface area contributed by atoms with E-state index in [1.54, 1.807) is 38.1 Å². The number of anilines is 1. The molecule has 6 nitrogen and oxygen atoms in total. The second-order valence-electron chi connectivity index (χ2n) is 5.50. The molecular formula is C14H20N2O4S. The molecule has 0 spiro atoms. The summed E-state index contributed by atoms with van der Waals surface area (Å²) in [7, 11) is -2.11. The second-order valence-corrected chi connectivity index (χ2v) is 7.41. The van der Waals surface area contributed by atoms with Gasteiger partial charge in [-0.2, -0.15) is 12.7 Å². The van der Waals surface area contributed by atoms with E-state index in [0.29, 0.717) is 5.69 Å². The van der Waals surface area contributed by atoms with Gasteiger partial charge in [-0.15, -0.1) is 0 Å². The molecule has 0 aromatic heterocycles. The summed E-state index contributed by atoms with van der Waals surface area (Å²) < 4.78 is 28.0. The molecule has 1 aliphatic heterocycles. The van der Waals surface area contributed by atoms with E-state index in [1.807, 2.05) is 0 Å². The molecule has 1 unspecified atom stereocenters. The van der Waals surface area contributed by atoms with E-state index in [-0.39, 0.29) is 24.9 Å². The molecule has 0 saturated carbocycles. The van der Waals surface area contributed by atoms with Crippen LogP contribution >= 0.6 is 0 Å². The maximum absolute atomic E-state index is 12.7. The van der Waals surface area contributed by atoms with Crippen LogP contribution in [0.2, 0.25) is 0 Å². The summed E-state index contributed by atoms with van der Waals surface area (Å²) >= 11 is 0. The van der Waals surface area contributed by atoms with Crippen LogP contribution in [0.3, 0.4) is 0 Å². The van der Waals surface area contributed by atoms with Crippen LogP contribution in [-0.4, -0.2) is 43.4 Å². The lowest BCUT2D eigenvalue weighted by Gasteiger charge is -2.28. The topological polar surface area (TPSA) is 77.9 Å². The maximum Gasteiger partial charge on any atom is 0.304 e. The van der Waals surface area contributed by atoms with Gasteiger partial charge in [-0.05, 0) is 25.5 Å². The summed E-state index contributed by atoms with van der Waals surface area (Å²) in [5.74, 6) is -1.24. The Morgan fingerprint density at radius 3 is 2.62 bits per heavy atom. The van der Waals surface area contributed by atoms with Gasteiger partial charge in [-0.25, -0.2) is 0 Å². The Morgan fingerprint density at radius 1 is 1.43 bits per heavy atom. The van der Waals surface area contributed by atoms with Crippen molar-refractivity contribution >= 4 is 21.9 Å². The molecule has 0 fully saturated rings. The van der Waals surface area contributed by atoms with E-state index in [9.17, 15) is 13.2 Å². The molecule has 21 heavy (non-hydrogen) atoms. The number of carboxylic acids is 1. The Labute approximate surface area is 125 Å². The molecule has 116 valence electrons. The molecule has 1 aromatic carbocycles. The largest absolute Gasteiger partial charge is 0.481 e. The highest BCUT2D eigenvalue weighted by Crippen LogP contribution is 2.40. The molecular weight excluding hydrogens is 292 g/mol. The zero-order valence-corrected chi connectivity index (χ0v) is 13.2. The van der Waals surface area contributed by atoms with Gasteiger partial charge in [-0.3, -0.25) is 9.10 Å². The van der Waals surface area contributed by atoms with Gasteiger partial charge < -0.3 is 5.11 Å². The third kappa shape index (κ3) is 2.89. The molecule has 2 rings (SSSR count). The minimum Gasteiger partial charge on any atom is -0.481 e. The van der Waals surface area contributed by atoms with E-state index >= 15 is 0 Å². The third-order valence-corrected chi connectivity index (χ3v) is 5.87. The minimum atomic E-state index is -3.65. The number of para-hydroxylation sites is 1. The molecule has 1 aliphatic rings. The van der Waals surface area contributed by atoms with Gasteiger partial charge in [0.1, 0.15) is 0 Å². The number of hydrogen-bond acceptors (Lipinski definition) is 3. The maximum atomic E-state index is 12.7. The molecule has 0 saturated heterocycles. The molecule has 1 aromatic rings. The quantitative estimate of drug-likeness (QED) is 0.897. The van der Waals surface area contributed by atoms with Crippen molar-refractivity contribution in [3.8, 4) is 0 Å². The van der Waals surface area contributed by atoms with E-state index in [4.69, 9.17) is 5.11 Å². The fourth-order valence-corrected chi connectivity index (χ4v) is 4.11. The Balaban J connectivity index is 2.42. The minimum absolute atomic E-state index is 0.0750. The van der Waals surface area contributed by atoms with Crippen molar-refractivity contribution in [2.45, 2.75) is 32.2 Å². The van der Waals surface area contributed by atoms with Gasteiger partial charge in [0.2, 0.25) is 0 Å². The number of nitrogens with zero attached hydrogens (tertiary/aromatic N) is 2. The van der Waals surface area contributed by atoms with Gasteiger partial charge in [-0.1, -0.05) is 18.2 Å². The van der Waals surface area contributed by atoms with Crippen LogP contribution in [0.1, 0.15) is 31.7 Å². The lowest BCUT2D eigenvalue weighted by Crippen LogP contribution is -2.44. The molecule has 1 N–H and O–H groups in total. The van der Waals surface area contributed by atoms with Crippen molar-refractivity contribution in [2.24, 2.45) is 0 Å². The number of aliphatic carboxylic acids is 1. The van der Waals surface area contributed by atoms with Gasteiger partial charge in [0, 0.05) is 25.6 Å². The summed E-state index contributed by atoms with van der Waals surface area (Å²) in [6.45, 7) is 3.77. The monoisotopic (exact) mass is 312 g/mol. The normalized spacial score (nSPS) is 18.3. The molecule has 0 radical (unpaired) electrons. The Morgan fingerprint density at radius 2 is 2.05 bits per heavy atom. The van der Waals surface area contributed by atoms with Crippen LogP contribution in [0.5, 0.6) is 0 Å². The average molecular weight is 312 g/mol. The van der Waals surface area contributed by atoms with Crippen LogP contribution in [0, 0.1) is 0 Å². The van der Waals surface area contributed by atoms with Crippen LogP contribution < -0.4 is 4.31 Å². The van der Waals surface area contributed by atoms with Gasteiger partial charge in [0.15, 0.2) is 0 Å². The van der Waals surface area contributed by atoms with E-state index in [1.165, 1.54) is 15.7 Å². The molecule has 0 aliphatic carbocycles. The predicted octanol–water partition coefficient (Wildman–Crippen LogP) is 1.65. The Bertz CT molecular complexity index is 642. The highest BCUT2D eigenvalue weighted by atomic mass is 32.2. The number of fused-ring (bicyclic) bond motifs is 1. The fourth-order valence-electron chi connectivity index (χ4n) is 2.48. The van der Waals surface area contributed by atoms with Crippen molar-refractivity contribution in [3.05, 3.63) is 29.8 Å². The molecule has 1 atom stereocenters. The van der Waals surface area contributed by atoms with E-state index in [0.717, 1.165) is 5.56 Å². The Hall–Kier alpha value is -1.60. The number of benzene rings is 1. The lowest BCUT2D eigenvalue weighted by atomic mass is 9.98. The summed E-state index contributed by atoms with van der Waals surface area (Å²) in [4.78, 5) is 11.0. The average Bonchev–Trinajstić information content (AvgIpc) is 2.77. The molecule has 1 heterocycles. The summed E-state index contributed by atoms with van der Waals surface area (Å²) in [6.07, 6.45) is -0.0750. The SMILES string of the molecule is CC(C)N(C)S(=O)(=O)N1CC(CC(=O)O)c2ccccc21. The van der Waals surface area contributed by atoms with Crippen LogP contribution in [0.4, 0.5) is 5.69 Å². The van der Waals surface area contributed by atoms with Crippen LogP contribution in [0.25, 0.3) is 0 Å². The zero-order chi connectivity index (χ0) is 15.8. The first-order chi connectivity index (χ1) is 9.75. The number of rotatable bonds is 5. The van der Waals surface area contributed by atoms with Gasteiger partial charge in [0.25, 0.3) is 0 Å². The van der Waals surface area contributed by atoms with Crippen LogP contribution in [0.15, 0.2) is 24.3 Å². The van der Waals surface area contributed by atoms with Gasteiger partial charge in [0.05, 0.1) is 12.1 Å². The first kappa shape index (κ1) is 15.8. The lowest BCUT2D eigenvalue weighted by molar-refractivity contribution is -0.137. The molecule has 0 amide bonds. The van der Waals surface area contributed by atoms with Crippen molar-refractivity contribution in [2.75, 3.05) is 17.9 Å². The summed E-state index contributed by atoms with van der Waals surface area (Å²) in [6, 6.07) is 6.92. The van der Waals surface area contributed by atoms with Gasteiger partial charge >= 0.3 is 16.2 Å². The second kappa shape index (κ2) is 5.65. The van der Waals surface area contributed by atoms with Crippen LogP contribution in [-0.2, 0) is 15.0 Å². The smallest absolute Gasteiger partial charge is 0.304 e.